The van der Waals surface area contributed by atoms with Gasteiger partial charge in [0.15, 0.2) is 0 Å². The Labute approximate surface area is 148 Å². The molecule has 0 aliphatic rings. The van der Waals surface area contributed by atoms with Crippen LogP contribution in [0.15, 0.2) is 42.5 Å². The summed E-state index contributed by atoms with van der Waals surface area (Å²) in [5.74, 6) is 0.868. The molecule has 2 radical (unpaired) electrons. The second-order valence-electron chi connectivity index (χ2n) is 5.42. The van der Waals surface area contributed by atoms with Gasteiger partial charge in [0, 0.05) is 0 Å². The molecule has 2 nitrogen and oxygen atoms in total. The van der Waals surface area contributed by atoms with Crippen molar-refractivity contribution in [2.75, 3.05) is 0 Å². The Morgan fingerprint density at radius 1 is 0.955 bits per heavy atom. The van der Waals surface area contributed by atoms with Crippen LogP contribution < -0.4 is 3.40 Å². The first kappa shape index (κ1) is 14.2. The molecule has 0 fully saturated rings. The summed E-state index contributed by atoms with van der Waals surface area (Å²) in [6.45, 7) is 4.19. The minimum atomic E-state index is 0.868. The van der Waals surface area contributed by atoms with Crippen LogP contribution in [0.4, 0.5) is 0 Å². The van der Waals surface area contributed by atoms with Gasteiger partial charge in [-0.1, -0.05) is 0 Å². The predicted molar refractivity (Wildman–Crippen MR) is 95.2 cm³/mol. The zero-order valence-corrected chi connectivity index (χ0v) is 16.6. The first-order valence-electron chi connectivity index (χ1n) is 7.09. The molecule has 106 valence electrons. The molecule has 4 heteroatoms. The number of benzene rings is 2. The molecule has 0 bridgehead atoms. The monoisotopic (exact) mass is 498 g/mol. The molecular formula is C18H13BiN2S. The number of hydrogen-bond donors (Lipinski definition) is 0. The Morgan fingerprint density at radius 2 is 1.77 bits per heavy atom. The van der Waals surface area contributed by atoms with Crippen molar-refractivity contribution in [2.45, 2.75) is 13.8 Å². The Hall–Kier alpha value is -1.38. The first-order valence-corrected chi connectivity index (χ1v) is 9.65. The summed E-state index contributed by atoms with van der Waals surface area (Å²) >= 11 is 3.00. The summed E-state index contributed by atoms with van der Waals surface area (Å²) in [6.07, 6.45) is 0. The van der Waals surface area contributed by atoms with E-state index in [0.717, 1.165) is 39.6 Å². The molecule has 0 aliphatic heterocycles. The number of nitrogens with zero attached hydrogens (tertiary/aromatic N) is 2. The van der Waals surface area contributed by atoms with Gasteiger partial charge >= 0.3 is 149 Å². The van der Waals surface area contributed by atoms with Crippen LogP contribution in [0.5, 0.6) is 0 Å². The van der Waals surface area contributed by atoms with Crippen LogP contribution in [0.25, 0.3) is 31.6 Å². The Balaban J connectivity index is 2.14. The van der Waals surface area contributed by atoms with Gasteiger partial charge in [0.1, 0.15) is 0 Å². The number of rotatable bonds is 1. The van der Waals surface area contributed by atoms with Gasteiger partial charge in [-0.25, -0.2) is 0 Å². The van der Waals surface area contributed by atoms with Gasteiger partial charge in [0.2, 0.25) is 0 Å². The molecule has 0 saturated heterocycles. The Bertz CT molecular complexity index is 1000. The molecule has 2 aromatic heterocycles. The standard InChI is InChI=1S/C18H13N2S.Bi/c1-11-7-8-14-13-5-3-4-6-15(13)21-17(14)16(11)18-19-10-9-12(2)20-18;/h3-9H,1-2H3;. The van der Waals surface area contributed by atoms with E-state index in [9.17, 15) is 0 Å². The van der Waals surface area contributed by atoms with Crippen LogP contribution in [0.2, 0.25) is 0 Å². The van der Waals surface area contributed by atoms with Crippen LogP contribution in [-0.4, -0.2) is 34.7 Å². The SMILES string of the molecule is Cc1c[c]([Bi])nc(-c2c(C)ccc3c2sc2ccccc23)n1. The van der Waals surface area contributed by atoms with E-state index in [1.165, 1.54) is 31.3 Å². The maximum absolute atomic E-state index is 4.73. The van der Waals surface area contributed by atoms with E-state index in [-0.39, 0.29) is 0 Å². The third kappa shape index (κ3) is 2.26. The molecule has 0 atom stereocenters. The topological polar surface area (TPSA) is 25.8 Å². The van der Waals surface area contributed by atoms with Crippen molar-refractivity contribution in [1.82, 2.24) is 9.97 Å². The van der Waals surface area contributed by atoms with Gasteiger partial charge in [0.05, 0.1) is 0 Å². The zero-order chi connectivity index (χ0) is 15.3. The van der Waals surface area contributed by atoms with E-state index in [1.54, 1.807) is 0 Å². The molecule has 0 aliphatic carbocycles. The molecule has 0 N–H and O–H groups in total. The van der Waals surface area contributed by atoms with Gasteiger partial charge in [-0.15, -0.1) is 0 Å². The van der Waals surface area contributed by atoms with E-state index in [2.05, 4.69) is 49.4 Å². The van der Waals surface area contributed by atoms with Crippen molar-refractivity contribution >= 4 is 59.6 Å². The second kappa shape index (κ2) is 5.36. The van der Waals surface area contributed by atoms with Crippen LogP contribution in [0.3, 0.4) is 0 Å². The van der Waals surface area contributed by atoms with E-state index in [1.807, 2.05) is 18.3 Å². The molecule has 0 amide bonds. The summed E-state index contributed by atoms with van der Waals surface area (Å²) in [7, 11) is 0. The molecule has 0 saturated carbocycles. The van der Waals surface area contributed by atoms with Crippen molar-refractivity contribution in [3.8, 4) is 11.4 Å². The van der Waals surface area contributed by atoms with Crippen LogP contribution in [0, 0.1) is 13.8 Å². The van der Waals surface area contributed by atoms with Gasteiger partial charge < -0.3 is 0 Å². The molecule has 0 spiro atoms. The van der Waals surface area contributed by atoms with Gasteiger partial charge in [-0.05, 0) is 0 Å². The number of hydrogen-bond acceptors (Lipinski definition) is 3. The van der Waals surface area contributed by atoms with Crippen LogP contribution in [0.1, 0.15) is 11.3 Å². The van der Waals surface area contributed by atoms with Crippen molar-refractivity contribution in [1.29, 1.82) is 0 Å². The summed E-state index contributed by atoms with van der Waals surface area (Å²) < 4.78 is 3.74. The third-order valence-corrected chi connectivity index (χ3v) is 5.91. The minimum absolute atomic E-state index is 0.868. The third-order valence-electron chi connectivity index (χ3n) is 3.82. The van der Waals surface area contributed by atoms with Crippen molar-refractivity contribution in [3.63, 3.8) is 0 Å². The fourth-order valence-corrected chi connectivity index (χ4v) is 5.22. The van der Waals surface area contributed by atoms with Gasteiger partial charge in [0.25, 0.3) is 0 Å². The number of aromatic nitrogens is 2. The normalized spacial score (nSPS) is 11.4. The van der Waals surface area contributed by atoms with E-state index < -0.39 is 0 Å². The van der Waals surface area contributed by atoms with E-state index >= 15 is 0 Å². The van der Waals surface area contributed by atoms with Gasteiger partial charge in [-0.3, -0.25) is 0 Å². The number of aryl methyl sites for hydroxylation is 2. The average Bonchev–Trinajstić information content (AvgIpc) is 2.84. The van der Waals surface area contributed by atoms with Gasteiger partial charge in [-0.2, -0.15) is 0 Å². The van der Waals surface area contributed by atoms with Crippen LogP contribution >= 0.6 is 11.3 Å². The second-order valence-corrected chi connectivity index (χ2v) is 8.26. The predicted octanol–water partition coefficient (Wildman–Crippen LogP) is 3.92. The van der Waals surface area contributed by atoms with Crippen LogP contribution in [-0.2, 0) is 0 Å². The first-order chi connectivity index (χ1) is 10.6. The van der Waals surface area contributed by atoms with Crippen molar-refractivity contribution < 1.29 is 0 Å². The molecule has 4 rings (SSSR count). The van der Waals surface area contributed by atoms with E-state index in [4.69, 9.17) is 9.97 Å². The summed E-state index contributed by atoms with van der Waals surface area (Å²) in [4.78, 5) is 9.43. The molecule has 22 heavy (non-hydrogen) atoms. The average molecular weight is 498 g/mol. The zero-order valence-electron chi connectivity index (χ0n) is 12.3. The Kier molecular flexibility index (Phi) is 3.47. The molecule has 4 aromatic rings. The van der Waals surface area contributed by atoms with E-state index in [0.29, 0.717) is 0 Å². The fourth-order valence-electron chi connectivity index (χ4n) is 2.83. The summed E-state index contributed by atoms with van der Waals surface area (Å²) in [6, 6.07) is 15.1. The maximum atomic E-state index is 4.73. The molecular weight excluding hydrogens is 485 g/mol. The Morgan fingerprint density at radius 3 is 2.59 bits per heavy atom. The number of thiophene rings is 1. The molecule has 2 aromatic carbocycles. The summed E-state index contributed by atoms with van der Waals surface area (Å²) in [5.41, 5.74) is 3.47. The fraction of sp³-hybridized carbons (Fsp3) is 0.111. The molecule has 0 unspecified atom stereocenters. The quantitative estimate of drug-likeness (QED) is 0.372. The molecule has 2 heterocycles. The summed E-state index contributed by atoms with van der Waals surface area (Å²) in [5, 5.41) is 2.62. The van der Waals surface area contributed by atoms with Crippen molar-refractivity contribution in [3.05, 3.63) is 53.7 Å². The van der Waals surface area contributed by atoms with Crippen molar-refractivity contribution in [2.24, 2.45) is 0 Å². The number of fused-ring (bicyclic) bond motifs is 3.